The number of methoxy groups -OCH3 is 1. The molecule has 0 aromatic heterocycles. The second-order valence-corrected chi connectivity index (χ2v) is 5.41. The van der Waals surface area contributed by atoms with Crippen molar-refractivity contribution in [2.75, 3.05) is 20.7 Å². The van der Waals surface area contributed by atoms with Gasteiger partial charge in [0.15, 0.2) is 5.78 Å². The van der Waals surface area contributed by atoms with Gasteiger partial charge in [-0.25, -0.2) is 0 Å². The summed E-state index contributed by atoms with van der Waals surface area (Å²) in [6.07, 6.45) is 0. The van der Waals surface area contributed by atoms with Gasteiger partial charge in [0, 0.05) is 18.0 Å². The largest absolute Gasteiger partial charge is 0.496 e. The summed E-state index contributed by atoms with van der Waals surface area (Å²) in [4.78, 5) is 12.7. The van der Waals surface area contributed by atoms with Crippen molar-refractivity contribution in [1.29, 1.82) is 0 Å². The fourth-order valence-corrected chi connectivity index (χ4v) is 2.33. The molecule has 106 valence electrons. The van der Waals surface area contributed by atoms with E-state index in [1.54, 1.807) is 7.11 Å². The lowest BCUT2D eigenvalue weighted by Crippen LogP contribution is -2.31. The molecular weight excluding hydrogens is 238 g/mol. The molecular formula is C16H25NO2. The fraction of sp³-hybridized carbons (Fsp3) is 0.562. The van der Waals surface area contributed by atoms with Gasteiger partial charge in [0.05, 0.1) is 7.11 Å². The first-order chi connectivity index (χ1) is 8.92. The average molecular weight is 263 g/mol. The van der Waals surface area contributed by atoms with E-state index in [-0.39, 0.29) is 11.7 Å². The minimum atomic E-state index is 0.0106. The number of Topliss-reactive ketones (excluding diaryl/α,β-unsaturated/α-hetero) is 1. The molecule has 0 aliphatic carbocycles. The van der Waals surface area contributed by atoms with Gasteiger partial charge in [-0.3, -0.25) is 4.79 Å². The van der Waals surface area contributed by atoms with Crippen molar-refractivity contribution >= 4 is 5.78 Å². The van der Waals surface area contributed by atoms with E-state index in [0.29, 0.717) is 12.5 Å². The van der Waals surface area contributed by atoms with Crippen molar-refractivity contribution in [2.24, 2.45) is 11.8 Å². The molecule has 1 atom stereocenters. The van der Waals surface area contributed by atoms with Crippen LogP contribution >= 0.6 is 0 Å². The lowest BCUT2D eigenvalue weighted by Gasteiger charge is -2.21. The molecule has 0 saturated heterocycles. The van der Waals surface area contributed by atoms with Crippen molar-refractivity contribution in [2.45, 2.75) is 27.7 Å². The highest BCUT2D eigenvalue weighted by atomic mass is 16.5. The van der Waals surface area contributed by atoms with Crippen molar-refractivity contribution in [3.63, 3.8) is 0 Å². The molecule has 0 radical (unpaired) electrons. The van der Waals surface area contributed by atoms with Crippen LogP contribution in [0.5, 0.6) is 5.75 Å². The van der Waals surface area contributed by atoms with Crippen molar-refractivity contribution in [3.05, 3.63) is 28.8 Å². The summed E-state index contributed by atoms with van der Waals surface area (Å²) < 4.78 is 5.29. The molecule has 0 fully saturated rings. The number of hydrogen-bond acceptors (Lipinski definition) is 3. The molecule has 0 amide bonds. The summed E-state index contributed by atoms with van der Waals surface area (Å²) in [5.74, 6) is 1.38. The Bertz CT molecular complexity index is 452. The van der Waals surface area contributed by atoms with Crippen molar-refractivity contribution < 1.29 is 9.53 Å². The first-order valence-corrected chi connectivity index (χ1v) is 6.76. The van der Waals surface area contributed by atoms with Gasteiger partial charge in [-0.2, -0.15) is 0 Å². The summed E-state index contributed by atoms with van der Waals surface area (Å²) in [5.41, 5.74) is 2.80. The van der Waals surface area contributed by atoms with Crippen molar-refractivity contribution in [3.8, 4) is 5.75 Å². The quantitative estimate of drug-likeness (QED) is 0.802. The Hall–Kier alpha value is -1.35. The van der Waals surface area contributed by atoms with Crippen LogP contribution in [0.25, 0.3) is 0 Å². The van der Waals surface area contributed by atoms with Gasteiger partial charge in [-0.05, 0) is 50.1 Å². The Kier molecular flexibility index (Phi) is 5.55. The predicted octanol–water partition coefficient (Wildman–Crippen LogP) is 2.99. The van der Waals surface area contributed by atoms with Crippen LogP contribution in [0.4, 0.5) is 0 Å². The molecule has 0 bridgehead atoms. The van der Waals surface area contributed by atoms with Gasteiger partial charge in [0.25, 0.3) is 0 Å². The maximum atomic E-state index is 12.7. The second kappa shape index (κ2) is 6.71. The van der Waals surface area contributed by atoms with E-state index in [2.05, 4.69) is 19.2 Å². The van der Waals surface area contributed by atoms with E-state index in [4.69, 9.17) is 4.74 Å². The molecule has 1 N–H and O–H groups in total. The predicted molar refractivity (Wildman–Crippen MR) is 79.1 cm³/mol. The standard InChI is InChI=1S/C16H25NO2/c1-10(2)14(9-17-5)16(18)13-7-12(4)15(19-6)8-11(13)3/h7-8,10,14,17H,9H2,1-6H3. The number of carbonyl (C=O) groups is 1. The van der Waals surface area contributed by atoms with Crippen LogP contribution in [0, 0.1) is 25.7 Å². The van der Waals surface area contributed by atoms with E-state index in [9.17, 15) is 4.79 Å². The molecule has 1 unspecified atom stereocenters. The van der Waals surface area contributed by atoms with Gasteiger partial charge in [-0.1, -0.05) is 13.8 Å². The van der Waals surface area contributed by atoms with Crippen LogP contribution < -0.4 is 10.1 Å². The number of aryl methyl sites for hydroxylation is 2. The fourth-order valence-electron chi connectivity index (χ4n) is 2.33. The van der Waals surface area contributed by atoms with E-state index in [1.807, 2.05) is 33.0 Å². The van der Waals surface area contributed by atoms with Crippen molar-refractivity contribution in [1.82, 2.24) is 5.32 Å². The minimum Gasteiger partial charge on any atom is -0.496 e. The molecule has 1 aromatic rings. The van der Waals surface area contributed by atoms with E-state index >= 15 is 0 Å². The lowest BCUT2D eigenvalue weighted by atomic mass is 9.85. The monoisotopic (exact) mass is 263 g/mol. The van der Waals surface area contributed by atoms with Gasteiger partial charge >= 0.3 is 0 Å². The summed E-state index contributed by atoms with van der Waals surface area (Å²) in [6, 6.07) is 3.89. The van der Waals surface area contributed by atoms with Crippen LogP contribution in [0.1, 0.15) is 35.3 Å². The highest BCUT2D eigenvalue weighted by Crippen LogP contribution is 2.26. The molecule has 0 heterocycles. The number of benzene rings is 1. The zero-order valence-corrected chi connectivity index (χ0v) is 12.8. The number of nitrogens with one attached hydrogen (secondary N) is 1. The SMILES string of the molecule is CNCC(C(=O)c1cc(C)c(OC)cc1C)C(C)C. The van der Waals surface area contributed by atoms with Gasteiger partial charge in [-0.15, -0.1) is 0 Å². The van der Waals surface area contributed by atoms with Crippen LogP contribution in [-0.2, 0) is 0 Å². The van der Waals surface area contributed by atoms with E-state index in [1.165, 1.54) is 0 Å². The Labute approximate surface area is 116 Å². The number of ketones is 1. The van der Waals surface area contributed by atoms with Gasteiger partial charge < -0.3 is 10.1 Å². The second-order valence-electron chi connectivity index (χ2n) is 5.41. The van der Waals surface area contributed by atoms with Crippen LogP contribution in [0.15, 0.2) is 12.1 Å². The molecule has 19 heavy (non-hydrogen) atoms. The summed E-state index contributed by atoms with van der Waals surface area (Å²) >= 11 is 0. The molecule has 0 saturated carbocycles. The van der Waals surface area contributed by atoms with Crippen LogP contribution in [0.2, 0.25) is 0 Å². The molecule has 0 aliphatic heterocycles. The van der Waals surface area contributed by atoms with E-state index in [0.717, 1.165) is 22.4 Å². The Morgan fingerprint density at radius 3 is 2.37 bits per heavy atom. The molecule has 3 nitrogen and oxygen atoms in total. The summed E-state index contributed by atoms with van der Waals surface area (Å²) in [7, 11) is 3.54. The number of hydrogen-bond donors (Lipinski definition) is 1. The topological polar surface area (TPSA) is 38.3 Å². The van der Waals surface area contributed by atoms with E-state index < -0.39 is 0 Å². The first kappa shape index (κ1) is 15.7. The Morgan fingerprint density at radius 2 is 1.89 bits per heavy atom. The number of carbonyl (C=O) groups excluding carboxylic acids is 1. The lowest BCUT2D eigenvalue weighted by molar-refractivity contribution is 0.0885. The average Bonchev–Trinajstić information content (AvgIpc) is 2.37. The van der Waals surface area contributed by atoms with Crippen LogP contribution in [0.3, 0.4) is 0 Å². The smallest absolute Gasteiger partial charge is 0.167 e. The minimum absolute atomic E-state index is 0.0106. The molecule has 1 rings (SSSR count). The highest BCUT2D eigenvalue weighted by molar-refractivity contribution is 5.99. The zero-order valence-electron chi connectivity index (χ0n) is 12.8. The number of rotatable bonds is 6. The first-order valence-electron chi connectivity index (χ1n) is 6.76. The third-order valence-corrected chi connectivity index (χ3v) is 3.57. The summed E-state index contributed by atoms with van der Waals surface area (Å²) in [5, 5.41) is 3.11. The third-order valence-electron chi connectivity index (χ3n) is 3.57. The summed E-state index contributed by atoms with van der Waals surface area (Å²) in [6.45, 7) is 8.82. The maximum Gasteiger partial charge on any atom is 0.167 e. The van der Waals surface area contributed by atoms with Gasteiger partial charge in [0.2, 0.25) is 0 Å². The van der Waals surface area contributed by atoms with Crippen LogP contribution in [-0.4, -0.2) is 26.5 Å². The third kappa shape index (κ3) is 3.57. The zero-order chi connectivity index (χ0) is 14.6. The molecule has 1 aromatic carbocycles. The highest BCUT2D eigenvalue weighted by Gasteiger charge is 2.24. The molecule has 0 aliphatic rings. The Morgan fingerprint density at radius 1 is 1.26 bits per heavy atom. The Balaban J connectivity index is 3.14. The molecule has 0 spiro atoms. The number of ether oxygens (including phenoxy) is 1. The van der Waals surface area contributed by atoms with Gasteiger partial charge in [0.1, 0.15) is 5.75 Å². The maximum absolute atomic E-state index is 12.7. The normalized spacial score (nSPS) is 12.6. The molecule has 3 heteroatoms.